The molecular weight excluding hydrogens is 288 g/mol. The van der Waals surface area contributed by atoms with E-state index in [0.717, 1.165) is 35.9 Å². The number of methoxy groups -OCH3 is 1. The molecule has 0 aliphatic heterocycles. The molecule has 0 saturated heterocycles. The highest BCUT2D eigenvalue weighted by Gasteiger charge is 2.07. The highest BCUT2D eigenvalue weighted by Crippen LogP contribution is 2.29. The molecule has 0 radical (unpaired) electrons. The van der Waals surface area contributed by atoms with Gasteiger partial charge in [0.1, 0.15) is 23.2 Å². The Bertz CT molecular complexity index is 619. The molecule has 112 valence electrons. The lowest BCUT2D eigenvalue weighted by atomic mass is 10.3. The quantitative estimate of drug-likeness (QED) is 0.848. The summed E-state index contributed by atoms with van der Waals surface area (Å²) in [6.45, 7) is 2.10. The van der Waals surface area contributed by atoms with Crippen molar-refractivity contribution in [2.45, 2.75) is 19.8 Å². The topological polar surface area (TPSA) is 59.1 Å². The molecule has 0 amide bonds. The van der Waals surface area contributed by atoms with Crippen molar-refractivity contribution in [2.75, 3.05) is 24.8 Å². The van der Waals surface area contributed by atoms with Gasteiger partial charge in [-0.05, 0) is 18.6 Å². The number of anilines is 3. The van der Waals surface area contributed by atoms with Gasteiger partial charge < -0.3 is 15.4 Å². The molecule has 0 bridgehead atoms. The van der Waals surface area contributed by atoms with Crippen LogP contribution in [-0.4, -0.2) is 24.1 Å². The first kappa shape index (κ1) is 15.4. The number of rotatable bonds is 6. The molecular formula is C15H19ClN4O. The van der Waals surface area contributed by atoms with Gasteiger partial charge in [-0.25, -0.2) is 9.97 Å². The lowest BCUT2D eigenvalue weighted by molar-refractivity contribution is 0.415. The van der Waals surface area contributed by atoms with Crippen LogP contribution in [0.2, 0.25) is 5.02 Å². The third-order valence-electron chi connectivity index (χ3n) is 2.94. The van der Waals surface area contributed by atoms with E-state index in [1.165, 1.54) is 0 Å². The summed E-state index contributed by atoms with van der Waals surface area (Å²) in [5.74, 6) is 3.01. The number of aromatic nitrogens is 2. The summed E-state index contributed by atoms with van der Waals surface area (Å²) in [6, 6.07) is 7.28. The van der Waals surface area contributed by atoms with Gasteiger partial charge in [-0.2, -0.15) is 0 Å². The van der Waals surface area contributed by atoms with Crippen LogP contribution >= 0.6 is 11.6 Å². The first-order chi connectivity index (χ1) is 10.2. The first-order valence-corrected chi connectivity index (χ1v) is 7.20. The number of nitrogens with zero attached hydrogens (tertiary/aromatic N) is 2. The zero-order chi connectivity index (χ0) is 15.2. The maximum absolute atomic E-state index is 6.20. The van der Waals surface area contributed by atoms with Crippen molar-refractivity contribution in [1.29, 1.82) is 0 Å². The molecule has 1 aromatic heterocycles. The zero-order valence-electron chi connectivity index (χ0n) is 12.4. The van der Waals surface area contributed by atoms with Gasteiger partial charge in [-0.3, -0.25) is 0 Å². The van der Waals surface area contributed by atoms with Crippen LogP contribution in [0.15, 0.2) is 24.3 Å². The SMILES string of the molecule is CCCc1nc(NC)cc(Nc2cc(OC)ccc2Cl)n1. The Balaban J connectivity index is 2.32. The van der Waals surface area contributed by atoms with E-state index < -0.39 is 0 Å². The van der Waals surface area contributed by atoms with Crippen molar-refractivity contribution in [3.8, 4) is 5.75 Å². The van der Waals surface area contributed by atoms with Crippen molar-refractivity contribution >= 4 is 28.9 Å². The number of ether oxygens (including phenoxy) is 1. The van der Waals surface area contributed by atoms with Crippen molar-refractivity contribution in [3.63, 3.8) is 0 Å². The molecule has 2 rings (SSSR count). The van der Waals surface area contributed by atoms with Gasteiger partial charge in [0.15, 0.2) is 0 Å². The molecule has 21 heavy (non-hydrogen) atoms. The Kier molecular flexibility index (Phi) is 5.22. The number of hydrogen-bond acceptors (Lipinski definition) is 5. The van der Waals surface area contributed by atoms with E-state index >= 15 is 0 Å². The maximum Gasteiger partial charge on any atom is 0.136 e. The number of halogens is 1. The summed E-state index contributed by atoms with van der Waals surface area (Å²) < 4.78 is 5.21. The fraction of sp³-hybridized carbons (Fsp3) is 0.333. The van der Waals surface area contributed by atoms with E-state index in [1.54, 1.807) is 13.2 Å². The molecule has 0 unspecified atom stereocenters. The van der Waals surface area contributed by atoms with E-state index in [1.807, 2.05) is 25.2 Å². The van der Waals surface area contributed by atoms with Gasteiger partial charge in [-0.1, -0.05) is 18.5 Å². The van der Waals surface area contributed by atoms with Crippen LogP contribution in [0.3, 0.4) is 0 Å². The monoisotopic (exact) mass is 306 g/mol. The Morgan fingerprint density at radius 3 is 2.62 bits per heavy atom. The minimum Gasteiger partial charge on any atom is -0.497 e. The molecule has 0 fully saturated rings. The van der Waals surface area contributed by atoms with E-state index in [2.05, 4.69) is 27.5 Å². The van der Waals surface area contributed by atoms with E-state index in [0.29, 0.717) is 10.8 Å². The van der Waals surface area contributed by atoms with Gasteiger partial charge in [-0.15, -0.1) is 0 Å². The number of aryl methyl sites for hydroxylation is 1. The minimum absolute atomic E-state index is 0.609. The van der Waals surface area contributed by atoms with Crippen LogP contribution in [-0.2, 0) is 6.42 Å². The zero-order valence-corrected chi connectivity index (χ0v) is 13.2. The van der Waals surface area contributed by atoms with Crippen LogP contribution in [0.1, 0.15) is 19.2 Å². The predicted molar refractivity (Wildman–Crippen MR) is 86.9 cm³/mol. The average molecular weight is 307 g/mol. The smallest absolute Gasteiger partial charge is 0.136 e. The molecule has 0 saturated carbocycles. The van der Waals surface area contributed by atoms with Gasteiger partial charge in [0.05, 0.1) is 17.8 Å². The molecule has 2 aromatic rings. The molecule has 0 atom stereocenters. The van der Waals surface area contributed by atoms with Crippen molar-refractivity contribution in [1.82, 2.24) is 9.97 Å². The third kappa shape index (κ3) is 3.98. The molecule has 2 N–H and O–H groups in total. The summed E-state index contributed by atoms with van der Waals surface area (Å²) in [7, 11) is 3.45. The van der Waals surface area contributed by atoms with Gasteiger partial charge in [0.25, 0.3) is 0 Å². The fourth-order valence-corrected chi connectivity index (χ4v) is 2.05. The third-order valence-corrected chi connectivity index (χ3v) is 3.27. The van der Waals surface area contributed by atoms with E-state index in [4.69, 9.17) is 16.3 Å². The molecule has 5 nitrogen and oxygen atoms in total. The lowest BCUT2D eigenvalue weighted by Gasteiger charge is -2.12. The van der Waals surface area contributed by atoms with Crippen molar-refractivity contribution in [3.05, 3.63) is 35.1 Å². The summed E-state index contributed by atoms with van der Waals surface area (Å²) >= 11 is 6.20. The maximum atomic E-state index is 6.20. The Hall–Kier alpha value is -2.01. The minimum atomic E-state index is 0.609. The largest absolute Gasteiger partial charge is 0.497 e. The predicted octanol–water partition coefficient (Wildman–Crippen LogP) is 3.88. The van der Waals surface area contributed by atoms with Crippen molar-refractivity contribution < 1.29 is 4.74 Å². The molecule has 6 heteroatoms. The standard InChI is InChI=1S/C15H19ClN4O/c1-4-5-13-19-14(17-2)9-15(20-13)18-12-8-10(21-3)6-7-11(12)16/h6-9H,4-5H2,1-3H3,(H2,17,18,19,20). The summed E-state index contributed by atoms with van der Waals surface area (Å²) in [6.07, 6.45) is 1.82. The number of hydrogen-bond donors (Lipinski definition) is 2. The van der Waals surface area contributed by atoms with Crippen LogP contribution in [0, 0.1) is 0 Å². The Morgan fingerprint density at radius 2 is 1.95 bits per heavy atom. The highest BCUT2D eigenvalue weighted by molar-refractivity contribution is 6.33. The second-order valence-electron chi connectivity index (χ2n) is 4.53. The second kappa shape index (κ2) is 7.13. The molecule has 1 heterocycles. The van der Waals surface area contributed by atoms with Crippen LogP contribution in [0.5, 0.6) is 5.75 Å². The lowest BCUT2D eigenvalue weighted by Crippen LogP contribution is -2.04. The van der Waals surface area contributed by atoms with Crippen molar-refractivity contribution in [2.24, 2.45) is 0 Å². The summed E-state index contributed by atoms with van der Waals surface area (Å²) in [5, 5.41) is 6.87. The normalized spacial score (nSPS) is 10.3. The van der Waals surface area contributed by atoms with Gasteiger partial charge >= 0.3 is 0 Å². The summed E-state index contributed by atoms with van der Waals surface area (Å²) in [5.41, 5.74) is 0.749. The Morgan fingerprint density at radius 1 is 1.19 bits per heavy atom. The highest BCUT2D eigenvalue weighted by atomic mass is 35.5. The van der Waals surface area contributed by atoms with Crippen LogP contribution in [0.4, 0.5) is 17.3 Å². The Labute approximate surface area is 129 Å². The number of benzene rings is 1. The molecule has 0 aliphatic carbocycles. The van der Waals surface area contributed by atoms with Crippen LogP contribution in [0.25, 0.3) is 0 Å². The molecule has 1 aromatic carbocycles. The van der Waals surface area contributed by atoms with Gasteiger partial charge in [0, 0.05) is 25.6 Å². The summed E-state index contributed by atoms with van der Waals surface area (Å²) in [4.78, 5) is 8.92. The van der Waals surface area contributed by atoms with Crippen LogP contribution < -0.4 is 15.4 Å². The molecule has 0 spiro atoms. The van der Waals surface area contributed by atoms with E-state index in [9.17, 15) is 0 Å². The van der Waals surface area contributed by atoms with Gasteiger partial charge in [0.2, 0.25) is 0 Å². The van der Waals surface area contributed by atoms with E-state index in [-0.39, 0.29) is 0 Å². The first-order valence-electron chi connectivity index (χ1n) is 6.82. The number of nitrogens with one attached hydrogen (secondary N) is 2. The average Bonchev–Trinajstić information content (AvgIpc) is 2.49. The molecule has 0 aliphatic rings. The second-order valence-corrected chi connectivity index (χ2v) is 4.93. The fourth-order valence-electron chi connectivity index (χ4n) is 1.89.